The van der Waals surface area contributed by atoms with E-state index in [-0.39, 0.29) is 5.56 Å². The van der Waals surface area contributed by atoms with Crippen LogP contribution in [0.2, 0.25) is 0 Å². The molecule has 0 saturated heterocycles. The zero-order chi connectivity index (χ0) is 10.3. The van der Waals surface area contributed by atoms with Crippen molar-refractivity contribution >= 4 is 32.4 Å². The molecule has 0 unspecified atom stereocenters. The minimum Gasteiger partial charge on any atom is -0.478 e. The second-order valence-corrected chi connectivity index (χ2v) is 4.23. The summed E-state index contributed by atoms with van der Waals surface area (Å²) in [5, 5.41) is 10.1. The van der Waals surface area contributed by atoms with Gasteiger partial charge in [0.05, 0.1) is 0 Å². The van der Waals surface area contributed by atoms with Gasteiger partial charge in [0.2, 0.25) is 0 Å². The fourth-order valence-corrected chi connectivity index (χ4v) is 2.39. The van der Waals surface area contributed by atoms with E-state index in [9.17, 15) is 4.79 Å². The van der Waals surface area contributed by atoms with E-state index >= 15 is 0 Å². The van der Waals surface area contributed by atoms with E-state index in [4.69, 9.17) is 10.8 Å². The summed E-state index contributed by atoms with van der Waals surface area (Å²) in [5.41, 5.74) is 6.91. The average molecular weight is 207 g/mol. The lowest BCUT2D eigenvalue weighted by Crippen LogP contribution is -1.98. The first-order valence-electron chi connectivity index (χ1n) is 4.11. The maximum absolute atomic E-state index is 10.9. The second kappa shape index (κ2) is 2.99. The summed E-state index contributed by atoms with van der Waals surface area (Å²) in [5.74, 6) is -0.959. The van der Waals surface area contributed by atoms with Gasteiger partial charge in [-0.3, -0.25) is 0 Å². The third-order valence-electron chi connectivity index (χ3n) is 2.08. The van der Waals surface area contributed by atoms with Crippen LogP contribution in [0.1, 0.15) is 15.9 Å². The molecule has 3 N–H and O–H groups in total. The Morgan fingerprint density at radius 1 is 1.50 bits per heavy atom. The number of rotatable bonds is 1. The van der Waals surface area contributed by atoms with Crippen LogP contribution in [0, 0.1) is 6.92 Å². The number of carbonyl (C=O) groups is 1. The Kier molecular flexibility index (Phi) is 1.93. The summed E-state index contributed by atoms with van der Waals surface area (Å²) in [7, 11) is 0. The lowest BCUT2D eigenvalue weighted by Gasteiger charge is -1.95. The fourth-order valence-electron chi connectivity index (χ4n) is 1.45. The number of carboxylic acids is 1. The van der Waals surface area contributed by atoms with Crippen molar-refractivity contribution < 1.29 is 9.90 Å². The Hall–Kier alpha value is -1.55. The monoisotopic (exact) mass is 207 g/mol. The molecule has 3 nitrogen and oxygen atoms in total. The van der Waals surface area contributed by atoms with E-state index in [1.807, 2.05) is 25.1 Å². The van der Waals surface area contributed by atoms with Crippen molar-refractivity contribution in [2.24, 2.45) is 0 Å². The predicted molar refractivity (Wildman–Crippen MR) is 57.9 cm³/mol. The maximum atomic E-state index is 10.9. The zero-order valence-corrected chi connectivity index (χ0v) is 8.39. The normalized spacial score (nSPS) is 10.6. The summed E-state index contributed by atoms with van der Waals surface area (Å²) in [6.07, 6.45) is 0. The topological polar surface area (TPSA) is 63.3 Å². The van der Waals surface area contributed by atoms with E-state index in [1.165, 1.54) is 11.3 Å². The van der Waals surface area contributed by atoms with Crippen molar-refractivity contribution in [2.45, 2.75) is 6.92 Å². The quantitative estimate of drug-likeness (QED) is 0.755. The number of anilines is 1. The largest absolute Gasteiger partial charge is 0.478 e. The van der Waals surface area contributed by atoms with Gasteiger partial charge >= 0.3 is 5.97 Å². The molecule has 0 aliphatic rings. The summed E-state index contributed by atoms with van der Waals surface area (Å²) < 4.78 is 0.922. The molecule has 1 heterocycles. The Morgan fingerprint density at radius 3 is 2.86 bits per heavy atom. The first-order valence-corrected chi connectivity index (χ1v) is 4.93. The van der Waals surface area contributed by atoms with Gasteiger partial charge in [-0.25, -0.2) is 4.79 Å². The predicted octanol–water partition coefficient (Wildman–Crippen LogP) is 2.49. The Bertz CT molecular complexity index is 516. The highest BCUT2D eigenvalue weighted by atomic mass is 32.1. The third kappa shape index (κ3) is 1.24. The summed E-state index contributed by atoms with van der Waals surface area (Å²) in [6.45, 7) is 1.93. The number of aryl methyl sites for hydroxylation is 1. The van der Waals surface area contributed by atoms with Crippen molar-refractivity contribution in [3.63, 3.8) is 0 Å². The van der Waals surface area contributed by atoms with E-state index in [2.05, 4.69) is 0 Å². The van der Waals surface area contributed by atoms with Crippen LogP contribution >= 0.6 is 11.3 Å². The van der Waals surface area contributed by atoms with E-state index in [1.54, 1.807) is 0 Å². The van der Waals surface area contributed by atoms with Gasteiger partial charge in [0.25, 0.3) is 0 Å². The molecule has 2 aromatic rings. The number of carboxylic acid groups (broad SMARTS) is 1. The van der Waals surface area contributed by atoms with Gasteiger partial charge in [0.15, 0.2) is 0 Å². The van der Waals surface area contributed by atoms with Crippen LogP contribution in [0.25, 0.3) is 10.1 Å². The third-order valence-corrected chi connectivity index (χ3v) is 3.08. The number of aromatic carboxylic acids is 1. The number of nitrogen functional groups attached to an aromatic ring is 1. The van der Waals surface area contributed by atoms with Crippen LogP contribution in [0.5, 0.6) is 0 Å². The summed E-state index contributed by atoms with van der Waals surface area (Å²) in [6, 6.07) is 5.70. The highest BCUT2D eigenvalue weighted by molar-refractivity contribution is 7.23. The van der Waals surface area contributed by atoms with Crippen LogP contribution in [0.3, 0.4) is 0 Å². The first-order chi connectivity index (χ1) is 6.59. The molecule has 0 fully saturated rings. The van der Waals surface area contributed by atoms with Gasteiger partial charge in [-0.15, -0.1) is 11.3 Å². The zero-order valence-electron chi connectivity index (χ0n) is 7.57. The van der Waals surface area contributed by atoms with Crippen LogP contribution in [-0.4, -0.2) is 11.1 Å². The van der Waals surface area contributed by atoms with Crippen molar-refractivity contribution in [2.75, 3.05) is 5.73 Å². The average Bonchev–Trinajstić information content (AvgIpc) is 2.40. The Morgan fingerprint density at radius 2 is 2.21 bits per heavy atom. The van der Waals surface area contributed by atoms with E-state index in [0.29, 0.717) is 5.00 Å². The lowest BCUT2D eigenvalue weighted by atomic mass is 10.1. The molecule has 2 rings (SSSR count). The molecule has 0 amide bonds. The van der Waals surface area contributed by atoms with Crippen LogP contribution < -0.4 is 5.73 Å². The van der Waals surface area contributed by atoms with Gasteiger partial charge < -0.3 is 10.8 Å². The molecule has 0 aliphatic carbocycles. The number of benzene rings is 1. The molecule has 0 bridgehead atoms. The van der Waals surface area contributed by atoms with Gasteiger partial charge in [0, 0.05) is 10.1 Å². The second-order valence-electron chi connectivity index (χ2n) is 3.15. The molecule has 0 saturated carbocycles. The van der Waals surface area contributed by atoms with Crippen molar-refractivity contribution in [1.82, 2.24) is 0 Å². The first kappa shape index (κ1) is 9.02. The number of nitrogens with two attached hydrogens (primary N) is 1. The SMILES string of the molecule is Cc1ccc2sc(N)c(C(=O)O)c2c1. The molecule has 1 aromatic carbocycles. The van der Waals surface area contributed by atoms with Crippen molar-refractivity contribution in [3.05, 3.63) is 29.3 Å². The summed E-state index contributed by atoms with van der Waals surface area (Å²) >= 11 is 1.31. The number of hydrogen-bond donors (Lipinski definition) is 2. The fraction of sp³-hybridized carbons (Fsp3) is 0.100. The molecule has 0 aliphatic heterocycles. The van der Waals surface area contributed by atoms with E-state index in [0.717, 1.165) is 15.6 Å². The molecule has 72 valence electrons. The van der Waals surface area contributed by atoms with Gasteiger partial charge in [0.1, 0.15) is 10.6 Å². The number of fused-ring (bicyclic) bond motifs is 1. The minimum absolute atomic E-state index is 0.230. The Balaban J connectivity index is 2.86. The molecular formula is C10H9NO2S. The van der Waals surface area contributed by atoms with Crippen molar-refractivity contribution in [3.8, 4) is 0 Å². The van der Waals surface area contributed by atoms with Crippen molar-refractivity contribution in [1.29, 1.82) is 0 Å². The van der Waals surface area contributed by atoms with Crippen LogP contribution in [0.15, 0.2) is 18.2 Å². The number of hydrogen-bond acceptors (Lipinski definition) is 3. The molecule has 0 atom stereocenters. The molecule has 0 spiro atoms. The lowest BCUT2D eigenvalue weighted by molar-refractivity contribution is 0.0700. The standard InChI is InChI=1S/C10H9NO2S/c1-5-2-3-7-6(4-5)8(10(12)13)9(11)14-7/h2-4H,11H2,1H3,(H,12,13). The minimum atomic E-state index is -0.959. The molecule has 14 heavy (non-hydrogen) atoms. The highest BCUT2D eigenvalue weighted by Crippen LogP contribution is 2.33. The summed E-state index contributed by atoms with van der Waals surface area (Å²) in [4.78, 5) is 10.9. The van der Waals surface area contributed by atoms with Crippen LogP contribution in [-0.2, 0) is 0 Å². The Labute approximate surface area is 84.8 Å². The smallest absolute Gasteiger partial charge is 0.339 e. The molecule has 4 heteroatoms. The molecule has 0 radical (unpaired) electrons. The van der Waals surface area contributed by atoms with Gasteiger partial charge in [-0.05, 0) is 19.1 Å². The molecular weight excluding hydrogens is 198 g/mol. The highest BCUT2D eigenvalue weighted by Gasteiger charge is 2.15. The van der Waals surface area contributed by atoms with Crippen LogP contribution in [0.4, 0.5) is 5.00 Å². The van der Waals surface area contributed by atoms with Gasteiger partial charge in [-0.2, -0.15) is 0 Å². The molecule has 1 aromatic heterocycles. The van der Waals surface area contributed by atoms with E-state index < -0.39 is 5.97 Å². The number of thiophene rings is 1. The van der Waals surface area contributed by atoms with Gasteiger partial charge in [-0.1, -0.05) is 11.6 Å². The maximum Gasteiger partial charge on any atom is 0.339 e.